The third-order valence-electron chi connectivity index (χ3n) is 4.72. The molecule has 0 radical (unpaired) electrons. The normalized spacial score (nSPS) is 25.2. The molecule has 3 rings (SSSR count). The summed E-state index contributed by atoms with van der Waals surface area (Å²) in [6.45, 7) is 2.24. The van der Waals surface area contributed by atoms with Crippen LogP contribution in [0.25, 0.3) is 0 Å². The summed E-state index contributed by atoms with van der Waals surface area (Å²) >= 11 is 0. The lowest BCUT2D eigenvalue weighted by molar-refractivity contribution is -0.154. The number of morpholine rings is 1. The van der Waals surface area contributed by atoms with Crippen molar-refractivity contribution >= 4 is 11.8 Å². The molecule has 0 unspecified atom stereocenters. The van der Waals surface area contributed by atoms with Crippen LogP contribution < -0.4 is 0 Å². The van der Waals surface area contributed by atoms with Gasteiger partial charge in [-0.1, -0.05) is 0 Å². The maximum absolute atomic E-state index is 12.4. The first-order valence-electron chi connectivity index (χ1n) is 8.12. The van der Waals surface area contributed by atoms with Crippen LogP contribution in [-0.2, 0) is 20.9 Å². The summed E-state index contributed by atoms with van der Waals surface area (Å²) < 4.78 is 7.39. The summed E-state index contributed by atoms with van der Waals surface area (Å²) in [5.41, 5.74) is 0. The minimum Gasteiger partial charge on any atom is -0.366 e. The summed E-state index contributed by atoms with van der Waals surface area (Å²) in [5, 5.41) is 4.03. The van der Waals surface area contributed by atoms with E-state index < -0.39 is 0 Å². The summed E-state index contributed by atoms with van der Waals surface area (Å²) in [7, 11) is 1.83. The van der Waals surface area contributed by atoms with Gasteiger partial charge in [-0.05, 0) is 19.3 Å². The first-order valence-corrected chi connectivity index (χ1v) is 8.12. The Morgan fingerprint density at radius 2 is 2.22 bits per heavy atom. The second-order valence-electron chi connectivity index (χ2n) is 6.14. The van der Waals surface area contributed by atoms with E-state index in [1.165, 1.54) is 6.33 Å². The van der Waals surface area contributed by atoms with Crippen LogP contribution in [0, 0.1) is 0 Å². The number of rotatable bonds is 4. The van der Waals surface area contributed by atoms with Crippen molar-refractivity contribution < 1.29 is 14.3 Å². The third-order valence-corrected chi connectivity index (χ3v) is 4.72. The van der Waals surface area contributed by atoms with E-state index in [9.17, 15) is 9.59 Å². The SMILES string of the molecule is CN1C(=O)CO[C@H]2CCN(C(=O)CCCn3cncn3)CC[C@@H]21. The van der Waals surface area contributed by atoms with Crippen molar-refractivity contribution in [3.63, 3.8) is 0 Å². The molecule has 1 aromatic rings. The predicted octanol–water partition coefficient (Wildman–Crippen LogP) is -0.0935. The Morgan fingerprint density at radius 1 is 1.39 bits per heavy atom. The zero-order valence-corrected chi connectivity index (χ0v) is 13.4. The summed E-state index contributed by atoms with van der Waals surface area (Å²) in [6, 6.07) is 0.0872. The minimum absolute atomic E-state index is 0.0267. The van der Waals surface area contributed by atoms with Crippen molar-refractivity contribution in [2.45, 2.75) is 44.4 Å². The summed E-state index contributed by atoms with van der Waals surface area (Å²) in [4.78, 5) is 31.7. The van der Waals surface area contributed by atoms with Crippen molar-refractivity contribution in [1.29, 1.82) is 0 Å². The fourth-order valence-corrected chi connectivity index (χ4v) is 3.31. The molecule has 3 heterocycles. The predicted molar refractivity (Wildman–Crippen MR) is 81.4 cm³/mol. The van der Waals surface area contributed by atoms with Gasteiger partial charge in [0.1, 0.15) is 19.3 Å². The Kier molecular flexibility index (Phi) is 4.90. The van der Waals surface area contributed by atoms with Crippen molar-refractivity contribution in [1.82, 2.24) is 24.6 Å². The van der Waals surface area contributed by atoms with Gasteiger partial charge in [0.25, 0.3) is 0 Å². The van der Waals surface area contributed by atoms with Gasteiger partial charge in [0.2, 0.25) is 11.8 Å². The fourth-order valence-electron chi connectivity index (χ4n) is 3.31. The van der Waals surface area contributed by atoms with Crippen molar-refractivity contribution in [3.05, 3.63) is 12.7 Å². The van der Waals surface area contributed by atoms with Crippen LogP contribution >= 0.6 is 0 Å². The van der Waals surface area contributed by atoms with Gasteiger partial charge >= 0.3 is 0 Å². The second kappa shape index (κ2) is 7.08. The van der Waals surface area contributed by atoms with Crippen LogP contribution in [0.2, 0.25) is 0 Å². The van der Waals surface area contributed by atoms with Gasteiger partial charge in [0, 0.05) is 33.1 Å². The Bertz CT molecular complexity index is 547. The van der Waals surface area contributed by atoms with E-state index in [4.69, 9.17) is 4.74 Å². The number of likely N-dealkylation sites (N-methyl/N-ethyl adjacent to an activating group) is 1. The number of carbonyl (C=O) groups is 2. The molecule has 2 atom stereocenters. The molecule has 0 bridgehead atoms. The van der Waals surface area contributed by atoms with Gasteiger partial charge in [-0.3, -0.25) is 14.3 Å². The molecule has 2 fully saturated rings. The van der Waals surface area contributed by atoms with E-state index in [1.54, 1.807) is 15.9 Å². The van der Waals surface area contributed by atoms with E-state index in [0.29, 0.717) is 26.1 Å². The highest BCUT2D eigenvalue weighted by atomic mass is 16.5. The van der Waals surface area contributed by atoms with Crippen molar-refractivity contribution in [2.75, 3.05) is 26.7 Å². The number of ether oxygens (including phenoxy) is 1. The van der Waals surface area contributed by atoms with E-state index in [1.807, 2.05) is 11.9 Å². The Hall–Kier alpha value is -1.96. The summed E-state index contributed by atoms with van der Waals surface area (Å²) in [6.07, 6.45) is 6.02. The molecule has 0 aromatic carbocycles. The van der Waals surface area contributed by atoms with Gasteiger partial charge in [0.15, 0.2) is 0 Å². The van der Waals surface area contributed by atoms with Crippen molar-refractivity contribution in [2.24, 2.45) is 0 Å². The first kappa shape index (κ1) is 15.9. The van der Waals surface area contributed by atoms with Crippen molar-refractivity contribution in [3.8, 4) is 0 Å². The number of hydrogen-bond acceptors (Lipinski definition) is 5. The van der Waals surface area contributed by atoms with Crippen LogP contribution in [0.1, 0.15) is 25.7 Å². The molecule has 0 spiro atoms. The lowest BCUT2D eigenvalue weighted by atomic mass is 10.0. The average Bonchev–Trinajstić information content (AvgIpc) is 2.96. The average molecular weight is 321 g/mol. The molecule has 0 aliphatic carbocycles. The number of aryl methyl sites for hydroxylation is 1. The smallest absolute Gasteiger partial charge is 0.248 e. The molecule has 1 aromatic heterocycles. The first-order chi connectivity index (χ1) is 11.1. The van der Waals surface area contributed by atoms with Crippen LogP contribution in [0.4, 0.5) is 0 Å². The maximum Gasteiger partial charge on any atom is 0.248 e. The molecule has 2 saturated heterocycles. The highest BCUT2D eigenvalue weighted by Crippen LogP contribution is 2.23. The number of likely N-dealkylation sites (tertiary alicyclic amines) is 1. The topological polar surface area (TPSA) is 80.6 Å². The molecule has 2 amide bonds. The van der Waals surface area contributed by atoms with Gasteiger partial charge < -0.3 is 14.5 Å². The van der Waals surface area contributed by atoms with Crippen LogP contribution in [0.3, 0.4) is 0 Å². The van der Waals surface area contributed by atoms with Gasteiger partial charge in [0.05, 0.1) is 12.1 Å². The molecule has 8 nitrogen and oxygen atoms in total. The van der Waals surface area contributed by atoms with Crippen LogP contribution in [0.5, 0.6) is 0 Å². The zero-order valence-electron chi connectivity index (χ0n) is 13.4. The fraction of sp³-hybridized carbons (Fsp3) is 0.733. The number of hydrogen-bond donors (Lipinski definition) is 0. The molecule has 2 aliphatic rings. The lowest BCUT2D eigenvalue weighted by Gasteiger charge is -2.37. The number of aromatic nitrogens is 3. The highest BCUT2D eigenvalue weighted by Gasteiger charge is 2.36. The lowest BCUT2D eigenvalue weighted by Crippen LogP contribution is -2.52. The number of carbonyl (C=O) groups excluding carboxylic acids is 2. The standard InChI is InChI=1S/C15H23N5O3/c1-18-12-4-7-19(8-5-13(12)23-9-15(18)22)14(21)3-2-6-20-11-16-10-17-20/h10-13H,2-9H2,1H3/t12-,13-/m0/s1. The Morgan fingerprint density at radius 3 is 3.00 bits per heavy atom. The molecular formula is C15H23N5O3. The largest absolute Gasteiger partial charge is 0.366 e. The van der Waals surface area contributed by atoms with E-state index in [2.05, 4.69) is 10.1 Å². The minimum atomic E-state index is 0.0267. The Labute approximate surface area is 135 Å². The molecule has 126 valence electrons. The van der Waals surface area contributed by atoms with E-state index in [0.717, 1.165) is 19.3 Å². The molecule has 0 saturated carbocycles. The molecule has 2 aliphatic heterocycles. The Balaban J connectivity index is 1.49. The highest BCUT2D eigenvalue weighted by molar-refractivity contribution is 5.78. The molecule has 23 heavy (non-hydrogen) atoms. The van der Waals surface area contributed by atoms with Gasteiger partial charge in [-0.15, -0.1) is 0 Å². The molecular weight excluding hydrogens is 298 g/mol. The van der Waals surface area contributed by atoms with Gasteiger partial charge in [-0.25, -0.2) is 4.98 Å². The molecule has 8 heteroatoms. The summed E-state index contributed by atoms with van der Waals surface area (Å²) in [5.74, 6) is 0.191. The van der Waals surface area contributed by atoms with Crippen LogP contribution in [0.15, 0.2) is 12.7 Å². The van der Waals surface area contributed by atoms with Gasteiger partial charge in [-0.2, -0.15) is 5.10 Å². The number of amides is 2. The monoisotopic (exact) mass is 321 g/mol. The number of fused-ring (bicyclic) bond motifs is 1. The number of nitrogens with zero attached hydrogens (tertiary/aromatic N) is 5. The van der Waals surface area contributed by atoms with Crippen LogP contribution in [-0.4, -0.2) is 75.3 Å². The van der Waals surface area contributed by atoms with E-state index in [-0.39, 0.29) is 30.6 Å². The zero-order chi connectivity index (χ0) is 16.2. The maximum atomic E-state index is 12.4. The third kappa shape index (κ3) is 3.69. The molecule has 0 N–H and O–H groups in total. The quantitative estimate of drug-likeness (QED) is 0.774. The van der Waals surface area contributed by atoms with E-state index >= 15 is 0 Å². The second-order valence-corrected chi connectivity index (χ2v) is 6.14.